The first kappa shape index (κ1) is 24.6. The van der Waals surface area contributed by atoms with Crippen LogP contribution in [0.4, 0.5) is 0 Å². The Morgan fingerprint density at radius 3 is 1.83 bits per heavy atom. The predicted molar refractivity (Wildman–Crippen MR) is 141 cm³/mol. The van der Waals surface area contributed by atoms with E-state index < -0.39 is 6.10 Å². The Balaban J connectivity index is 1.75. The van der Waals surface area contributed by atoms with Gasteiger partial charge in [0.2, 0.25) is 0 Å². The third-order valence-corrected chi connectivity index (χ3v) is 5.85. The lowest BCUT2D eigenvalue weighted by Gasteiger charge is -2.22. The summed E-state index contributed by atoms with van der Waals surface area (Å²) in [4.78, 5) is 14.5. The van der Waals surface area contributed by atoms with Gasteiger partial charge in [-0.3, -0.25) is 0 Å². The molecule has 180 valence electrons. The van der Waals surface area contributed by atoms with Crippen molar-refractivity contribution >= 4 is 0 Å². The number of aromatic nitrogens is 3. The molecule has 0 fully saturated rings. The minimum atomic E-state index is -0.430. The Morgan fingerprint density at radius 1 is 0.714 bits per heavy atom. The topological polar surface area (TPSA) is 68.1 Å². The van der Waals surface area contributed by atoms with Gasteiger partial charge in [-0.1, -0.05) is 92.6 Å². The zero-order valence-corrected chi connectivity index (χ0v) is 20.5. The molecule has 0 radical (unpaired) electrons. The summed E-state index contributed by atoms with van der Waals surface area (Å²) in [6.45, 7) is 4.00. The van der Waals surface area contributed by atoms with E-state index in [0.29, 0.717) is 23.9 Å². The SMILES string of the molecule is CCCCCC(CC(C)O)Oc1ccccc1-c1nc(-c2ccccc2)nc(-c2ccccc2)n1. The number of benzene rings is 3. The summed E-state index contributed by atoms with van der Waals surface area (Å²) in [7, 11) is 0. The van der Waals surface area contributed by atoms with Crippen molar-refractivity contribution in [2.24, 2.45) is 0 Å². The van der Waals surface area contributed by atoms with Crippen molar-refractivity contribution < 1.29 is 9.84 Å². The molecule has 1 aromatic heterocycles. The van der Waals surface area contributed by atoms with Crippen molar-refractivity contribution in [1.82, 2.24) is 15.0 Å². The lowest BCUT2D eigenvalue weighted by atomic mass is 10.0. The number of nitrogens with zero attached hydrogens (tertiary/aromatic N) is 3. The summed E-state index contributed by atoms with van der Waals surface area (Å²) in [6, 6.07) is 27.8. The van der Waals surface area contributed by atoms with E-state index >= 15 is 0 Å². The van der Waals surface area contributed by atoms with Gasteiger partial charge in [-0.05, 0) is 31.9 Å². The first-order valence-electron chi connectivity index (χ1n) is 12.4. The fourth-order valence-corrected chi connectivity index (χ4v) is 4.09. The summed E-state index contributed by atoms with van der Waals surface area (Å²) >= 11 is 0. The second-order valence-electron chi connectivity index (χ2n) is 8.85. The summed E-state index contributed by atoms with van der Waals surface area (Å²) < 4.78 is 6.49. The lowest BCUT2D eigenvalue weighted by Crippen LogP contribution is -2.22. The number of rotatable bonds is 11. The second-order valence-corrected chi connectivity index (χ2v) is 8.85. The fraction of sp³-hybridized carbons (Fsp3) is 0.300. The van der Waals surface area contributed by atoms with Gasteiger partial charge in [-0.2, -0.15) is 0 Å². The van der Waals surface area contributed by atoms with Gasteiger partial charge in [-0.25, -0.2) is 15.0 Å². The molecule has 35 heavy (non-hydrogen) atoms. The maximum atomic E-state index is 10.1. The molecular weight excluding hydrogens is 434 g/mol. The molecule has 5 nitrogen and oxygen atoms in total. The van der Waals surface area contributed by atoms with Gasteiger partial charge in [0, 0.05) is 17.5 Å². The van der Waals surface area contributed by atoms with E-state index in [0.717, 1.165) is 48.1 Å². The van der Waals surface area contributed by atoms with Gasteiger partial charge in [0.05, 0.1) is 11.7 Å². The highest BCUT2D eigenvalue weighted by Gasteiger charge is 2.19. The highest BCUT2D eigenvalue weighted by molar-refractivity contribution is 5.69. The summed E-state index contributed by atoms with van der Waals surface area (Å²) in [6.07, 6.45) is 4.34. The molecule has 0 saturated heterocycles. The van der Waals surface area contributed by atoms with E-state index in [2.05, 4.69) is 6.92 Å². The monoisotopic (exact) mass is 467 g/mol. The molecule has 1 heterocycles. The van der Waals surface area contributed by atoms with Crippen LogP contribution in [0.3, 0.4) is 0 Å². The van der Waals surface area contributed by atoms with Crippen LogP contribution in [-0.4, -0.2) is 32.3 Å². The van der Waals surface area contributed by atoms with Crippen molar-refractivity contribution in [1.29, 1.82) is 0 Å². The van der Waals surface area contributed by atoms with Gasteiger partial charge < -0.3 is 9.84 Å². The minimum Gasteiger partial charge on any atom is -0.490 e. The first-order valence-corrected chi connectivity index (χ1v) is 12.4. The molecule has 2 unspecified atom stereocenters. The number of hydrogen-bond donors (Lipinski definition) is 1. The van der Waals surface area contributed by atoms with Crippen LogP contribution in [0.1, 0.15) is 46.0 Å². The largest absolute Gasteiger partial charge is 0.490 e. The second kappa shape index (κ2) is 12.2. The van der Waals surface area contributed by atoms with E-state index in [4.69, 9.17) is 19.7 Å². The van der Waals surface area contributed by atoms with Crippen molar-refractivity contribution in [3.05, 3.63) is 84.9 Å². The van der Waals surface area contributed by atoms with Gasteiger partial charge in [0.25, 0.3) is 0 Å². The van der Waals surface area contributed by atoms with E-state index in [1.54, 1.807) is 0 Å². The molecule has 5 heteroatoms. The maximum Gasteiger partial charge on any atom is 0.167 e. The van der Waals surface area contributed by atoms with E-state index in [1.165, 1.54) is 0 Å². The molecule has 0 saturated carbocycles. The highest BCUT2D eigenvalue weighted by atomic mass is 16.5. The number of hydrogen-bond acceptors (Lipinski definition) is 5. The molecule has 4 aromatic rings. The number of aliphatic hydroxyl groups excluding tert-OH is 1. The van der Waals surface area contributed by atoms with Gasteiger partial charge in [0.1, 0.15) is 11.9 Å². The third kappa shape index (κ3) is 6.74. The Bertz CT molecular complexity index is 1140. The number of unbranched alkanes of at least 4 members (excludes halogenated alkanes) is 2. The van der Waals surface area contributed by atoms with Crippen LogP contribution >= 0.6 is 0 Å². The predicted octanol–water partition coefficient (Wildman–Crippen LogP) is 6.97. The van der Waals surface area contributed by atoms with Crippen LogP contribution < -0.4 is 4.74 Å². The molecule has 0 spiro atoms. The van der Waals surface area contributed by atoms with Crippen molar-refractivity contribution in [3.8, 4) is 39.9 Å². The zero-order valence-electron chi connectivity index (χ0n) is 20.5. The Kier molecular flexibility index (Phi) is 8.58. The molecule has 0 aliphatic heterocycles. The van der Waals surface area contributed by atoms with Crippen LogP contribution in [0.25, 0.3) is 34.2 Å². The molecule has 0 aliphatic rings. The Labute approximate surface area is 207 Å². The smallest absolute Gasteiger partial charge is 0.167 e. The average Bonchev–Trinajstić information content (AvgIpc) is 2.89. The maximum absolute atomic E-state index is 10.1. The van der Waals surface area contributed by atoms with Gasteiger partial charge >= 0.3 is 0 Å². The van der Waals surface area contributed by atoms with Crippen molar-refractivity contribution in [2.75, 3.05) is 0 Å². The summed E-state index contributed by atoms with van der Waals surface area (Å²) in [5.41, 5.74) is 2.67. The molecule has 4 rings (SSSR count). The van der Waals surface area contributed by atoms with Gasteiger partial charge in [0.15, 0.2) is 17.5 Å². The number of ether oxygens (including phenoxy) is 1. The Hall–Kier alpha value is -3.57. The molecule has 0 amide bonds. The minimum absolute atomic E-state index is 0.0771. The van der Waals surface area contributed by atoms with Crippen LogP contribution in [0.5, 0.6) is 5.75 Å². The van der Waals surface area contributed by atoms with E-state index in [9.17, 15) is 5.11 Å². The normalized spacial score (nSPS) is 12.8. The van der Waals surface area contributed by atoms with Crippen molar-refractivity contribution in [3.63, 3.8) is 0 Å². The number of para-hydroxylation sites is 1. The highest BCUT2D eigenvalue weighted by Crippen LogP contribution is 2.32. The molecular formula is C30H33N3O2. The molecule has 2 atom stereocenters. The molecule has 0 aliphatic carbocycles. The quantitative estimate of drug-likeness (QED) is 0.241. The molecule has 1 N–H and O–H groups in total. The van der Waals surface area contributed by atoms with Crippen LogP contribution in [-0.2, 0) is 0 Å². The van der Waals surface area contributed by atoms with E-state index in [-0.39, 0.29) is 6.10 Å². The molecule has 3 aromatic carbocycles. The van der Waals surface area contributed by atoms with Crippen LogP contribution in [0.15, 0.2) is 84.9 Å². The van der Waals surface area contributed by atoms with Crippen LogP contribution in [0.2, 0.25) is 0 Å². The average molecular weight is 468 g/mol. The van der Waals surface area contributed by atoms with Crippen molar-refractivity contribution in [2.45, 2.75) is 58.2 Å². The van der Waals surface area contributed by atoms with E-state index in [1.807, 2.05) is 91.9 Å². The lowest BCUT2D eigenvalue weighted by molar-refractivity contribution is 0.0992. The summed E-state index contributed by atoms with van der Waals surface area (Å²) in [5.74, 6) is 2.52. The zero-order chi connectivity index (χ0) is 24.5. The third-order valence-electron chi connectivity index (χ3n) is 5.85. The molecule has 0 bridgehead atoms. The first-order chi connectivity index (χ1) is 17.1. The fourth-order valence-electron chi connectivity index (χ4n) is 4.09. The standard InChI is InChI=1S/C30H33N3O2/c1-3-4-7-18-25(21-22(2)34)35-27-20-13-12-19-26(27)30-32-28(23-14-8-5-9-15-23)31-29(33-30)24-16-10-6-11-17-24/h5-6,8-17,19-20,22,25,34H,3-4,7,18,21H2,1-2H3. The van der Waals surface area contributed by atoms with Crippen LogP contribution in [0, 0.1) is 0 Å². The Morgan fingerprint density at radius 2 is 1.26 bits per heavy atom. The summed E-state index contributed by atoms with van der Waals surface area (Å²) in [5, 5.41) is 10.1. The number of aliphatic hydroxyl groups is 1. The van der Waals surface area contributed by atoms with Gasteiger partial charge in [-0.15, -0.1) is 0 Å².